The van der Waals surface area contributed by atoms with Crippen molar-refractivity contribution in [2.24, 2.45) is 28.6 Å². The summed E-state index contributed by atoms with van der Waals surface area (Å²) in [5.41, 5.74) is -2.52. The molecule has 4 aliphatic carbocycles. The Kier molecular flexibility index (Phi) is 6.84. The van der Waals surface area contributed by atoms with Crippen molar-refractivity contribution in [1.29, 1.82) is 0 Å². The molecule has 9 nitrogen and oxygen atoms in total. The van der Waals surface area contributed by atoms with E-state index >= 15 is 0 Å². The Morgan fingerprint density at radius 3 is 2.54 bits per heavy atom. The van der Waals surface area contributed by atoms with Crippen LogP contribution in [0.25, 0.3) is 0 Å². The van der Waals surface area contributed by atoms with Gasteiger partial charge in [0.25, 0.3) is 0 Å². The Balaban J connectivity index is 1.21. The lowest BCUT2D eigenvalue weighted by Gasteiger charge is -2.65. The highest BCUT2D eigenvalue weighted by Crippen LogP contribution is 2.70. The highest BCUT2D eigenvalue weighted by atomic mass is 16.7. The van der Waals surface area contributed by atoms with Crippen molar-refractivity contribution in [3.63, 3.8) is 0 Å². The second-order valence-corrected chi connectivity index (χ2v) is 13.5. The summed E-state index contributed by atoms with van der Waals surface area (Å²) in [6.07, 6.45) is 6.10. The number of hydrogen-bond acceptors (Lipinski definition) is 9. The van der Waals surface area contributed by atoms with Gasteiger partial charge in [-0.1, -0.05) is 6.92 Å². The van der Waals surface area contributed by atoms with Gasteiger partial charge < -0.3 is 39.1 Å². The molecule has 4 saturated carbocycles. The number of rotatable bonds is 5. The lowest BCUT2D eigenvalue weighted by Crippen LogP contribution is -2.69. The molecule has 0 amide bonds. The third kappa shape index (κ3) is 3.94. The summed E-state index contributed by atoms with van der Waals surface area (Å²) < 4.78 is 22.9. The molecule has 0 spiro atoms. The van der Waals surface area contributed by atoms with Gasteiger partial charge in [-0.05, 0) is 81.6 Å². The number of aliphatic hydroxyl groups excluding tert-OH is 1. The lowest BCUT2D eigenvalue weighted by atomic mass is 9.41. The van der Waals surface area contributed by atoms with Crippen LogP contribution in [0.3, 0.4) is 0 Å². The number of aldehydes is 1. The Morgan fingerprint density at radius 1 is 1.08 bits per heavy atom. The van der Waals surface area contributed by atoms with Gasteiger partial charge in [-0.25, -0.2) is 4.79 Å². The van der Waals surface area contributed by atoms with Crippen LogP contribution in [0.15, 0.2) is 11.6 Å². The summed E-state index contributed by atoms with van der Waals surface area (Å²) in [6, 6.07) is 0. The average molecular weight is 549 g/mol. The van der Waals surface area contributed by atoms with Gasteiger partial charge in [-0.3, -0.25) is 0 Å². The number of hydrogen-bond donors (Lipinski definition) is 3. The minimum Gasteiger partial charge on any atom is -0.458 e. The summed E-state index contributed by atoms with van der Waals surface area (Å²) in [5, 5.41) is 34.8. The average Bonchev–Trinajstić information content (AvgIpc) is 3.45. The molecule has 1 saturated heterocycles. The van der Waals surface area contributed by atoms with Gasteiger partial charge in [0, 0.05) is 31.4 Å². The molecule has 0 unspecified atom stereocenters. The first-order chi connectivity index (χ1) is 18.5. The molecule has 5 fully saturated rings. The van der Waals surface area contributed by atoms with Crippen LogP contribution in [0.1, 0.15) is 78.1 Å². The van der Waals surface area contributed by atoms with Crippen molar-refractivity contribution in [2.45, 2.75) is 120 Å². The van der Waals surface area contributed by atoms with E-state index in [2.05, 4.69) is 6.92 Å². The van der Waals surface area contributed by atoms with E-state index < -0.39 is 40.5 Å². The second kappa shape index (κ2) is 9.60. The van der Waals surface area contributed by atoms with Crippen molar-refractivity contribution < 1.29 is 43.9 Å². The molecule has 2 heterocycles. The first kappa shape index (κ1) is 27.8. The van der Waals surface area contributed by atoms with Gasteiger partial charge in [-0.2, -0.15) is 0 Å². The molecule has 6 aliphatic rings. The number of carbonyl (C=O) groups is 2. The minimum atomic E-state index is -1.21. The highest BCUT2D eigenvalue weighted by molar-refractivity contribution is 5.85. The van der Waals surface area contributed by atoms with Gasteiger partial charge in [0.2, 0.25) is 0 Å². The highest BCUT2D eigenvalue weighted by Gasteiger charge is 2.71. The fourth-order valence-electron chi connectivity index (χ4n) is 9.98. The second-order valence-electron chi connectivity index (χ2n) is 13.5. The van der Waals surface area contributed by atoms with Crippen molar-refractivity contribution in [1.82, 2.24) is 0 Å². The maximum absolute atomic E-state index is 13.0. The van der Waals surface area contributed by atoms with Crippen LogP contribution in [-0.2, 0) is 28.5 Å². The summed E-state index contributed by atoms with van der Waals surface area (Å²) >= 11 is 0. The molecule has 12 atom stereocenters. The maximum Gasteiger partial charge on any atom is 0.331 e. The van der Waals surface area contributed by atoms with Crippen LogP contribution in [0.4, 0.5) is 0 Å². The normalized spacial score (nSPS) is 53.3. The first-order valence-corrected chi connectivity index (χ1v) is 14.8. The molecule has 0 radical (unpaired) electrons. The molecule has 9 heteroatoms. The molecule has 218 valence electrons. The first-order valence-electron chi connectivity index (χ1n) is 14.8. The smallest absolute Gasteiger partial charge is 0.331 e. The number of carbonyl (C=O) groups excluding carboxylic acids is 2. The van der Waals surface area contributed by atoms with E-state index in [1.54, 1.807) is 20.1 Å². The van der Waals surface area contributed by atoms with Crippen molar-refractivity contribution in [3.8, 4) is 0 Å². The van der Waals surface area contributed by atoms with Crippen LogP contribution < -0.4 is 0 Å². The van der Waals surface area contributed by atoms with Crippen LogP contribution in [-0.4, -0.2) is 83.2 Å². The number of cyclic esters (lactones) is 1. The molecule has 0 aromatic heterocycles. The zero-order valence-electron chi connectivity index (χ0n) is 23.3. The van der Waals surface area contributed by atoms with Crippen LogP contribution in [0, 0.1) is 28.6 Å². The van der Waals surface area contributed by atoms with Crippen molar-refractivity contribution in [2.75, 3.05) is 13.7 Å². The zero-order valence-corrected chi connectivity index (χ0v) is 23.3. The largest absolute Gasteiger partial charge is 0.458 e. The number of ether oxygens (including phenoxy) is 4. The van der Waals surface area contributed by atoms with Gasteiger partial charge in [0.1, 0.15) is 19.0 Å². The number of methoxy groups -OCH3 is 1. The van der Waals surface area contributed by atoms with Gasteiger partial charge in [0.05, 0.1) is 34.9 Å². The zero-order chi connectivity index (χ0) is 27.8. The predicted molar refractivity (Wildman–Crippen MR) is 138 cm³/mol. The van der Waals surface area contributed by atoms with E-state index in [0.717, 1.165) is 31.1 Å². The maximum atomic E-state index is 13.0. The van der Waals surface area contributed by atoms with Crippen LogP contribution >= 0.6 is 0 Å². The standard InChI is InChI=1S/C30H44O9/c1-17-26(33)23(36-3)13-25(38-17)39-19-4-9-28(16-31)21-5-8-27(2)20(18-12-24(32)37-15-18)7-11-30(27,35)22(21)6-10-29(28,34)14-19/h12,16-17,19-23,25-26,33-35H,4-11,13-15H2,1-3H3/t17-,19-,20-,21-,22+,23-,25+,26+,27+,28-,29-,30-/m0/s1. The third-order valence-electron chi connectivity index (χ3n) is 12.1. The third-order valence-corrected chi connectivity index (χ3v) is 12.1. The van der Waals surface area contributed by atoms with Crippen molar-refractivity contribution in [3.05, 3.63) is 11.6 Å². The molecule has 3 N–H and O–H groups in total. The predicted octanol–water partition coefficient (Wildman–Crippen LogP) is 2.43. The molecule has 6 rings (SSSR count). The van der Waals surface area contributed by atoms with E-state index in [1.807, 2.05) is 0 Å². The Bertz CT molecular complexity index is 1030. The fraction of sp³-hybridized carbons (Fsp3) is 0.867. The lowest BCUT2D eigenvalue weighted by molar-refractivity contribution is -0.287. The molecule has 39 heavy (non-hydrogen) atoms. The molecule has 0 bridgehead atoms. The molecular formula is C30H44O9. The number of fused-ring (bicyclic) bond motifs is 5. The van der Waals surface area contributed by atoms with E-state index in [9.17, 15) is 24.9 Å². The Hall–Kier alpha value is -1.36. The molecule has 2 aliphatic heterocycles. The summed E-state index contributed by atoms with van der Waals surface area (Å²) in [5.74, 6) is -0.420. The molecule has 0 aromatic rings. The van der Waals surface area contributed by atoms with E-state index in [4.69, 9.17) is 18.9 Å². The SMILES string of the molecule is CO[C@H]1C[C@@H](O[C@H]2CC[C@]3(C=O)[C@H]4CC[C@]5(C)[C@H](C6=CC(=O)OC6)CC[C@]5(O)[C@@H]4CC[C@]3(O)C2)O[C@@H](C)[C@H]1O. The molecular weight excluding hydrogens is 504 g/mol. The number of aliphatic hydroxyl groups is 3. The summed E-state index contributed by atoms with van der Waals surface area (Å²) in [4.78, 5) is 24.8. The van der Waals surface area contributed by atoms with E-state index in [0.29, 0.717) is 51.6 Å². The van der Waals surface area contributed by atoms with Gasteiger partial charge >= 0.3 is 5.97 Å². The van der Waals surface area contributed by atoms with Gasteiger partial charge in [0.15, 0.2) is 6.29 Å². The minimum absolute atomic E-state index is 0.0827. The van der Waals surface area contributed by atoms with Crippen LogP contribution in [0.2, 0.25) is 0 Å². The fourth-order valence-corrected chi connectivity index (χ4v) is 9.98. The summed E-state index contributed by atoms with van der Waals surface area (Å²) in [6.45, 7) is 4.25. The Labute approximate surface area is 230 Å². The Morgan fingerprint density at radius 2 is 1.85 bits per heavy atom. The van der Waals surface area contributed by atoms with E-state index in [1.165, 1.54) is 0 Å². The topological polar surface area (TPSA) is 132 Å². The van der Waals surface area contributed by atoms with E-state index in [-0.39, 0.29) is 35.9 Å². The number of esters is 1. The van der Waals surface area contributed by atoms with Crippen LogP contribution in [0.5, 0.6) is 0 Å². The molecule has 0 aromatic carbocycles. The monoisotopic (exact) mass is 548 g/mol. The van der Waals surface area contributed by atoms with Gasteiger partial charge in [-0.15, -0.1) is 0 Å². The van der Waals surface area contributed by atoms with Crippen molar-refractivity contribution >= 4 is 12.3 Å². The summed E-state index contributed by atoms with van der Waals surface area (Å²) in [7, 11) is 1.57. The quantitative estimate of drug-likeness (QED) is 0.269.